The van der Waals surface area contributed by atoms with E-state index in [9.17, 15) is 29.4 Å². The number of thiol groups is 1. The molecular weight excluding hydrogens is 508 g/mol. The molecule has 7 N–H and O–H groups in total. The maximum atomic E-state index is 13.1. The highest BCUT2D eigenvalue weighted by Gasteiger charge is 2.32. The topological polar surface area (TPSA) is 171 Å². The van der Waals surface area contributed by atoms with E-state index in [1.165, 1.54) is 12.1 Å². The van der Waals surface area contributed by atoms with Crippen molar-refractivity contribution < 1.29 is 29.4 Å². The molecule has 0 bridgehead atoms. The first-order valence-corrected chi connectivity index (χ1v) is 13.0. The van der Waals surface area contributed by atoms with Gasteiger partial charge in [-0.05, 0) is 35.6 Å². The van der Waals surface area contributed by atoms with Crippen LogP contribution < -0.4 is 21.7 Å². The third kappa shape index (κ3) is 9.38. The van der Waals surface area contributed by atoms with Crippen LogP contribution in [0.2, 0.25) is 0 Å². The van der Waals surface area contributed by atoms with Crippen LogP contribution in [0.15, 0.2) is 54.6 Å². The lowest BCUT2D eigenvalue weighted by atomic mass is 9.97. The van der Waals surface area contributed by atoms with Gasteiger partial charge in [-0.25, -0.2) is 4.79 Å². The van der Waals surface area contributed by atoms with E-state index in [0.717, 1.165) is 11.1 Å². The van der Waals surface area contributed by atoms with Crippen LogP contribution in [0.5, 0.6) is 5.75 Å². The van der Waals surface area contributed by atoms with Gasteiger partial charge in [0.25, 0.3) is 0 Å². The average molecular weight is 545 g/mol. The van der Waals surface area contributed by atoms with E-state index in [2.05, 4.69) is 28.6 Å². The Morgan fingerprint density at radius 2 is 1.42 bits per heavy atom. The molecule has 0 spiro atoms. The molecule has 0 fully saturated rings. The molecule has 0 heterocycles. The number of phenols is 1. The van der Waals surface area contributed by atoms with Crippen LogP contribution in [0.25, 0.3) is 0 Å². The molecule has 0 saturated carbocycles. The first-order valence-electron chi connectivity index (χ1n) is 12.4. The Bertz CT molecular complexity index is 1080. The van der Waals surface area contributed by atoms with Crippen LogP contribution in [-0.4, -0.2) is 63.8 Å². The Morgan fingerprint density at radius 3 is 1.97 bits per heavy atom. The lowest BCUT2D eigenvalue weighted by Gasteiger charge is -2.27. The van der Waals surface area contributed by atoms with Gasteiger partial charge in [-0.2, -0.15) is 12.6 Å². The SMILES string of the molecule is CCC(C)C(NC(=O)C(CS)NC(=O)C(N)Cc1ccc(O)cc1)C(=O)NC(Cc1ccccc1)C(=O)O. The highest BCUT2D eigenvalue weighted by Crippen LogP contribution is 2.12. The van der Waals surface area contributed by atoms with Crippen molar-refractivity contribution in [3.05, 3.63) is 65.7 Å². The van der Waals surface area contributed by atoms with Crippen molar-refractivity contribution in [2.24, 2.45) is 11.7 Å². The Labute approximate surface area is 227 Å². The second-order valence-corrected chi connectivity index (χ2v) is 9.55. The van der Waals surface area contributed by atoms with Crippen molar-refractivity contribution in [3.63, 3.8) is 0 Å². The number of carbonyl (C=O) groups is 4. The number of nitrogens with two attached hydrogens (primary N) is 1. The summed E-state index contributed by atoms with van der Waals surface area (Å²) in [4.78, 5) is 50.6. The number of carboxylic acids is 1. The predicted molar refractivity (Wildman–Crippen MR) is 147 cm³/mol. The molecule has 3 amide bonds. The predicted octanol–water partition coefficient (Wildman–Crippen LogP) is 1.02. The van der Waals surface area contributed by atoms with Gasteiger partial charge in [0.15, 0.2) is 0 Å². The fraction of sp³-hybridized carbons (Fsp3) is 0.407. The molecule has 0 radical (unpaired) electrons. The quantitative estimate of drug-likeness (QED) is 0.174. The number of hydrogen-bond donors (Lipinski definition) is 7. The third-order valence-electron chi connectivity index (χ3n) is 6.23. The largest absolute Gasteiger partial charge is 0.508 e. The van der Waals surface area contributed by atoms with Gasteiger partial charge in [-0.3, -0.25) is 14.4 Å². The molecule has 0 aliphatic heterocycles. The number of nitrogens with one attached hydrogen (secondary N) is 3. The van der Waals surface area contributed by atoms with Gasteiger partial charge < -0.3 is 31.9 Å². The van der Waals surface area contributed by atoms with Crippen LogP contribution >= 0.6 is 12.6 Å². The van der Waals surface area contributed by atoms with E-state index in [1.54, 1.807) is 43.3 Å². The van der Waals surface area contributed by atoms with Crippen LogP contribution in [0.1, 0.15) is 31.4 Å². The fourth-order valence-corrected chi connectivity index (χ4v) is 3.98. The number of rotatable bonds is 14. The van der Waals surface area contributed by atoms with Gasteiger partial charge in [-0.1, -0.05) is 62.7 Å². The van der Waals surface area contributed by atoms with Gasteiger partial charge in [0.1, 0.15) is 23.9 Å². The summed E-state index contributed by atoms with van der Waals surface area (Å²) in [5.74, 6) is -3.33. The second kappa shape index (κ2) is 15.0. The molecule has 2 aromatic rings. The van der Waals surface area contributed by atoms with Crippen molar-refractivity contribution in [1.82, 2.24) is 16.0 Å². The third-order valence-corrected chi connectivity index (χ3v) is 6.60. The number of aromatic hydroxyl groups is 1. The zero-order chi connectivity index (χ0) is 28.2. The maximum Gasteiger partial charge on any atom is 0.326 e. The van der Waals surface area contributed by atoms with E-state index in [0.29, 0.717) is 6.42 Å². The van der Waals surface area contributed by atoms with Crippen LogP contribution in [-0.2, 0) is 32.0 Å². The first-order chi connectivity index (χ1) is 18.0. The van der Waals surface area contributed by atoms with Crippen molar-refractivity contribution in [2.45, 2.75) is 57.3 Å². The second-order valence-electron chi connectivity index (χ2n) is 9.18. The molecule has 10 nitrogen and oxygen atoms in total. The number of aliphatic carboxylic acids is 1. The molecule has 11 heteroatoms. The van der Waals surface area contributed by atoms with Crippen LogP contribution in [0, 0.1) is 5.92 Å². The molecule has 38 heavy (non-hydrogen) atoms. The summed E-state index contributed by atoms with van der Waals surface area (Å²) in [6.45, 7) is 3.61. The minimum absolute atomic E-state index is 0.0515. The maximum absolute atomic E-state index is 13.1. The number of carbonyl (C=O) groups excluding carboxylic acids is 3. The Hall–Kier alpha value is -3.57. The Balaban J connectivity index is 2.05. The summed E-state index contributed by atoms with van der Waals surface area (Å²) in [7, 11) is 0. The van der Waals surface area contributed by atoms with E-state index < -0.39 is 47.9 Å². The summed E-state index contributed by atoms with van der Waals surface area (Å²) in [5, 5.41) is 26.8. The highest BCUT2D eigenvalue weighted by atomic mass is 32.1. The number of amides is 3. The van der Waals surface area contributed by atoms with E-state index in [4.69, 9.17) is 5.73 Å². The fourth-order valence-electron chi connectivity index (χ4n) is 3.72. The van der Waals surface area contributed by atoms with Gasteiger partial charge >= 0.3 is 5.97 Å². The summed E-state index contributed by atoms with van der Waals surface area (Å²) in [6, 6.07) is 10.9. The number of carboxylic acid groups (broad SMARTS) is 1. The summed E-state index contributed by atoms with van der Waals surface area (Å²) in [6.07, 6.45) is 0.796. The molecule has 206 valence electrons. The molecule has 2 rings (SSSR count). The number of phenolic OH excluding ortho intramolecular Hbond substituents is 1. The monoisotopic (exact) mass is 544 g/mol. The molecular formula is C27H36N4O6S. The van der Waals surface area contributed by atoms with Crippen molar-refractivity contribution in [1.29, 1.82) is 0 Å². The van der Waals surface area contributed by atoms with Crippen LogP contribution in [0.3, 0.4) is 0 Å². The van der Waals surface area contributed by atoms with Gasteiger partial charge in [-0.15, -0.1) is 0 Å². The lowest BCUT2D eigenvalue weighted by Crippen LogP contribution is -2.59. The van der Waals surface area contributed by atoms with Gasteiger partial charge in [0.05, 0.1) is 6.04 Å². The molecule has 0 aromatic heterocycles. The van der Waals surface area contributed by atoms with Crippen molar-refractivity contribution in [2.75, 3.05) is 5.75 Å². The first kappa shape index (κ1) is 30.7. The molecule has 0 aliphatic rings. The van der Waals surface area contributed by atoms with E-state index >= 15 is 0 Å². The van der Waals surface area contributed by atoms with Gasteiger partial charge in [0.2, 0.25) is 17.7 Å². The molecule has 5 atom stereocenters. The minimum Gasteiger partial charge on any atom is -0.508 e. The lowest BCUT2D eigenvalue weighted by molar-refractivity contribution is -0.142. The van der Waals surface area contributed by atoms with Crippen molar-refractivity contribution in [3.8, 4) is 5.75 Å². The normalized spacial score (nSPS) is 14.8. The molecule has 5 unspecified atom stereocenters. The Morgan fingerprint density at radius 1 is 0.842 bits per heavy atom. The van der Waals surface area contributed by atoms with Crippen LogP contribution in [0.4, 0.5) is 0 Å². The minimum atomic E-state index is -1.19. The summed E-state index contributed by atoms with van der Waals surface area (Å²) in [5.41, 5.74) is 7.48. The summed E-state index contributed by atoms with van der Waals surface area (Å²) >= 11 is 4.17. The number of benzene rings is 2. The summed E-state index contributed by atoms with van der Waals surface area (Å²) < 4.78 is 0. The van der Waals surface area contributed by atoms with Gasteiger partial charge in [0, 0.05) is 12.2 Å². The standard InChI is InChI=1S/C27H36N4O6S/c1-3-16(2)23(26(35)29-21(27(36)37)14-17-7-5-4-6-8-17)31-25(34)22(15-38)30-24(33)20(28)13-18-9-11-19(32)12-10-18/h4-12,16,20-23,32,38H,3,13-15,28H2,1-2H3,(H,29,35)(H,30,33)(H,31,34)(H,36,37). The Kier molecular flexibility index (Phi) is 12.1. The average Bonchev–Trinajstić information content (AvgIpc) is 2.90. The smallest absolute Gasteiger partial charge is 0.326 e. The molecule has 0 aliphatic carbocycles. The van der Waals surface area contributed by atoms with E-state index in [1.807, 2.05) is 13.0 Å². The zero-order valence-electron chi connectivity index (χ0n) is 21.5. The van der Waals surface area contributed by atoms with E-state index in [-0.39, 0.29) is 30.3 Å². The molecule has 0 saturated heterocycles. The zero-order valence-corrected chi connectivity index (χ0v) is 22.4. The number of hydrogen-bond acceptors (Lipinski definition) is 7. The van der Waals surface area contributed by atoms with Crippen molar-refractivity contribution >= 4 is 36.3 Å². The highest BCUT2D eigenvalue weighted by molar-refractivity contribution is 7.80. The molecule has 2 aromatic carbocycles.